The van der Waals surface area contributed by atoms with Crippen molar-refractivity contribution in [2.24, 2.45) is 0 Å². The minimum absolute atomic E-state index is 0.00229. The Hall–Kier alpha value is -1.10. The van der Waals surface area contributed by atoms with Crippen molar-refractivity contribution >= 4 is 40.6 Å². The fourth-order valence-electron chi connectivity index (χ4n) is 1.64. The lowest BCUT2D eigenvalue weighted by Crippen LogP contribution is -2.15. The van der Waals surface area contributed by atoms with Crippen LogP contribution in [0.15, 0.2) is 18.5 Å². The molecule has 0 saturated heterocycles. The molecule has 0 saturated carbocycles. The molecule has 2 heterocycles. The van der Waals surface area contributed by atoms with Crippen molar-refractivity contribution in [1.82, 2.24) is 14.8 Å². The van der Waals surface area contributed by atoms with Crippen molar-refractivity contribution in [2.45, 2.75) is 19.9 Å². The number of hydrogen-bond acceptors (Lipinski definition) is 3. The maximum Gasteiger partial charge on any atom is 0.232 e. The summed E-state index contributed by atoms with van der Waals surface area (Å²) >= 11 is 17.8. The van der Waals surface area contributed by atoms with Crippen LogP contribution in [0.3, 0.4) is 0 Å². The van der Waals surface area contributed by atoms with E-state index in [4.69, 9.17) is 34.8 Å². The SMILES string of the molecule is CC(C)n1ncc(Cl)c1C(=O)c1ncc(Cl)cc1Cl. The van der Waals surface area contributed by atoms with Crippen LogP contribution in [-0.2, 0) is 0 Å². The molecule has 2 aromatic heterocycles. The molecule has 0 aromatic carbocycles. The highest BCUT2D eigenvalue weighted by molar-refractivity contribution is 6.38. The Morgan fingerprint density at radius 2 is 1.89 bits per heavy atom. The number of ketones is 1. The lowest BCUT2D eigenvalue weighted by molar-refractivity contribution is 0.102. The van der Waals surface area contributed by atoms with Crippen LogP contribution < -0.4 is 0 Å². The van der Waals surface area contributed by atoms with Crippen molar-refractivity contribution in [3.63, 3.8) is 0 Å². The maximum absolute atomic E-state index is 12.5. The highest BCUT2D eigenvalue weighted by atomic mass is 35.5. The number of nitrogens with zero attached hydrogens (tertiary/aromatic N) is 3. The van der Waals surface area contributed by atoms with Gasteiger partial charge in [0, 0.05) is 12.2 Å². The van der Waals surface area contributed by atoms with Crippen LogP contribution in [0.1, 0.15) is 36.1 Å². The van der Waals surface area contributed by atoms with Gasteiger partial charge in [-0.25, -0.2) is 4.98 Å². The zero-order valence-corrected chi connectivity index (χ0v) is 12.5. The normalized spacial score (nSPS) is 11.1. The van der Waals surface area contributed by atoms with E-state index >= 15 is 0 Å². The second-order valence-corrected chi connectivity index (χ2v) is 5.44. The van der Waals surface area contributed by atoms with Crippen molar-refractivity contribution < 1.29 is 4.79 Å². The van der Waals surface area contributed by atoms with Crippen LogP contribution >= 0.6 is 34.8 Å². The van der Waals surface area contributed by atoms with E-state index in [1.807, 2.05) is 13.8 Å². The lowest BCUT2D eigenvalue weighted by Gasteiger charge is -2.10. The molecule has 4 nitrogen and oxygen atoms in total. The number of carbonyl (C=O) groups excluding carboxylic acids is 1. The van der Waals surface area contributed by atoms with Crippen LogP contribution in [0, 0.1) is 0 Å². The van der Waals surface area contributed by atoms with Crippen molar-refractivity contribution in [2.75, 3.05) is 0 Å². The number of halogens is 3. The first-order valence-corrected chi connectivity index (χ1v) is 6.64. The van der Waals surface area contributed by atoms with E-state index in [0.717, 1.165) is 0 Å². The fraction of sp³-hybridized carbons (Fsp3) is 0.250. The van der Waals surface area contributed by atoms with Gasteiger partial charge < -0.3 is 0 Å². The molecule has 0 radical (unpaired) electrons. The summed E-state index contributed by atoms with van der Waals surface area (Å²) < 4.78 is 1.54. The zero-order valence-electron chi connectivity index (χ0n) is 10.2. The topological polar surface area (TPSA) is 47.8 Å². The maximum atomic E-state index is 12.5. The quantitative estimate of drug-likeness (QED) is 0.802. The molecule has 0 bridgehead atoms. The molecule has 0 aliphatic rings. The van der Waals surface area contributed by atoms with Crippen LogP contribution in [0.5, 0.6) is 0 Å². The molecule has 0 N–H and O–H groups in total. The Labute approximate surface area is 125 Å². The highest BCUT2D eigenvalue weighted by Crippen LogP contribution is 2.25. The summed E-state index contributed by atoms with van der Waals surface area (Å²) in [5.74, 6) is -0.377. The molecular formula is C12H10Cl3N3O. The van der Waals surface area contributed by atoms with E-state index in [1.54, 1.807) is 0 Å². The molecule has 2 rings (SSSR count). The molecule has 7 heteroatoms. The van der Waals surface area contributed by atoms with E-state index in [9.17, 15) is 4.79 Å². The number of pyridine rings is 1. The standard InChI is InChI=1S/C12H10Cl3N3O/c1-6(2)18-11(9(15)5-17-18)12(19)10-8(14)3-7(13)4-16-10/h3-6H,1-2H3. The summed E-state index contributed by atoms with van der Waals surface area (Å²) in [6.45, 7) is 3.80. The summed E-state index contributed by atoms with van der Waals surface area (Å²) in [4.78, 5) is 16.4. The van der Waals surface area contributed by atoms with Crippen LogP contribution in [0.25, 0.3) is 0 Å². The number of carbonyl (C=O) groups is 1. The molecule has 100 valence electrons. The zero-order chi connectivity index (χ0) is 14.2. The molecular weight excluding hydrogens is 309 g/mol. The summed E-state index contributed by atoms with van der Waals surface area (Å²) in [5.41, 5.74) is 0.378. The predicted molar refractivity (Wildman–Crippen MR) is 75.3 cm³/mol. The van der Waals surface area contributed by atoms with E-state index < -0.39 is 0 Å². The molecule has 0 amide bonds. The molecule has 19 heavy (non-hydrogen) atoms. The van der Waals surface area contributed by atoms with Gasteiger partial charge in [0.15, 0.2) is 0 Å². The van der Waals surface area contributed by atoms with Crippen molar-refractivity contribution in [3.05, 3.63) is 44.9 Å². The molecule has 0 fully saturated rings. The third kappa shape index (κ3) is 2.76. The van der Waals surface area contributed by atoms with Gasteiger partial charge in [-0.05, 0) is 19.9 Å². The Bertz CT molecular complexity index is 637. The molecule has 0 atom stereocenters. The van der Waals surface area contributed by atoms with Gasteiger partial charge in [0.25, 0.3) is 0 Å². The Balaban J connectivity index is 2.53. The van der Waals surface area contributed by atoms with E-state index in [2.05, 4.69) is 10.1 Å². The second-order valence-electron chi connectivity index (χ2n) is 4.19. The highest BCUT2D eigenvalue weighted by Gasteiger charge is 2.23. The smallest absolute Gasteiger partial charge is 0.232 e. The number of aromatic nitrogens is 3. The average Bonchev–Trinajstić information content (AvgIpc) is 2.70. The average molecular weight is 319 g/mol. The summed E-state index contributed by atoms with van der Waals surface area (Å²) in [6.07, 6.45) is 2.79. The van der Waals surface area contributed by atoms with Crippen molar-refractivity contribution in [1.29, 1.82) is 0 Å². The van der Waals surface area contributed by atoms with Crippen LogP contribution in [-0.4, -0.2) is 20.5 Å². The number of rotatable bonds is 3. The largest absolute Gasteiger partial charge is 0.285 e. The Morgan fingerprint density at radius 3 is 2.47 bits per heavy atom. The van der Waals surface area contributed by atoms with Gasteiger partial charge in [-0.15, -0.1) is 0 Å². The molecule has 0 aliphatic carbocycles. The fourth-order valence-corrected chi connectivity index (χ4v) is 2.32. The van der Waals surface area contributed by atoms with Crippen molar-refractivity contribution in [3.8, 4) is 0 Å². The van der Waals surface area contributed by atoms with Gasteiger partial charge in [0.05, 0.1) is 21.3 Å². The van der Waals surface area contributed by atoms with Gasteiger partial charge >= 0.3 is 0 Å². The van der Waals surface area contributed by atoms with E-state index in [0.29, 0.717) is 5.02 Å². The summed E-state index contributed by atoms with van der Waals surface area (Å²) in [7, 11) is 0. The first-order valence-electron chi connectivity index (χ1n) is 5.50. The predicted octanol–water partition coefficient (Wildman–Crippen LogP) is 4.05. The molecule has 0 aliphatic heterocycles. The second kappa shape index (κ2) is 5.49. The lowest BCUT2D eigenvalue weighted by atomic mass is 10.2. The third-order valence-corrected chi connectivity index (χ3v) is 3.25. The van der Waals surface area contributed by atoms with E-state index in [1.165, 1.54) is 23.1 Å². The Kier molecular flexibility index (Phi) is 4.13. The first kappa shape index (κ1) is 14.3. The first-order chi connectivity index (χ1) is 8.91. The molecule has 2 aromatic rings. The minimum atomic E-state index is -0.377. The van der Waals surface area contributed by atoms with E-state index in [-0.39, 0.29) is 33.3 Å². The Morgan fingerprint density at radius 1 is 1.21 bits per heavy atom. The van der Waals surface area contributed by atoms with Crippen LogP contribution in [0.2, 0.25) is 15.1 Å². The monoisotopic (exact) mass is 317 g/mol. The van der Waals surface area contributed by atoms with Crippen LogP contribution in [0.4, 0.5) is 0 Å². The van der Waals surface area contributed by atoms with Gasteiger partial charge in [-0.1, -0.05) is 34.8 Å². The van der Waals surface area contributed by atoms with Gasteiger partial charge in [0.1, 0.15) is 11.4 Å². The summed E-state index contributed by atoms with van der Waals surface area (Å²) in [6, 6.07) is 1.46. The summed E-state index contributed by atoms with van der Waals surface area (Å²) in [5, 5.41) is 4.90. The van der Waals surface area contributed by atoms with Gasteiger partial charge in [0.2, 0.25) is 5.78 Å². The van der Waals surface area contributed by atoms with Gasteiger partial charge in [-0.3, -0.25) is 9.48 Å². The number of hydrogen-bond donors (Lipinski definition) is 0. The third-order valence-electron chi connectivity index (χ3n) is 2.48. The minimum Gasteiger partial charge on any atom is -0.285 e. The molecule has 0 unspecified atom stereocenters. The van der Waals surface area contributed by atoms with Gasteiger partial charge in [-0.2, -0.15) is 5.10 Å². The molecule has 0 spiro atoms.